The summed E-state index contributed by atoms with van der Waals surface area (Å²) in [4.78, 5) is 13.1. The zero-order valence-electron chi connectivity index (χ0n) is 47.4. The molecule has 0 bridgehead atoms. The van der Waals surface area contributed by atoms with Gasteiger partial charge >= 0.3 is 5.97 Å². The second-order valence-corrected chi connectivity index (χ2v) is 20.4. The van der Waals surface area contributed by atoms with Crippen LogP contribution in [0.1, 0.15) is 194 Å². The normalized spacial score (nSPS) is 25.0. The molecule has 0 aromatic heterocycles. The largest absolute Gasteiger partial charge is 0.457 e. The number of carbonyl (C=O) groups excluding carboxylic acids is 1. The zero-order chi connectivity index (χ0) is 55.8. The monoisotopic (exact) mass is 1090 g/mol. The van der Waals surface area contributed by atoms with Crippen molar-refractivity contribution in [3.8, 4) is 0 Å². The second-order valence-electron chi connectivity index (χ2n) is 20.4. The fourth-order valence-electron chi connectivity index (χ4n) is 8.79. The van der Waals surface area contributed by atoms with E-state index in [-0.39, 0.29) is 19.6 Å². The van der Waals surface area contributed by atoms with Gasteiger partial charge in [-0.1, -0.05) is 188 Å². The summed E-state index contributed by atoms with van der Waals surface area (Å²) in [7, 11) is 0. The van der Waals surface area contributed by atoms with Gasteiger partial charge in [-0.05, 0) is 96.3 Å². The first kappa shape index (κ1) is 70.0. The first-order valence-corrected chi connectivity index (χ1v) is 29.8. The van der Waals surface area contributed by atoms with Crippen LogP contribution in [0.2, 0.25) is 0 Å². The van der Waals surface area contributed by atoms with Gasteiger partial charge in [0.1, 0.15) is 54.9 Å². The number of carbonyl (C=O) groups is 1. The van der Waals surface area contributed by atoms with Gasteiger partial charge in [-0.3, -0.25) is 4.79 Å². The molecule has 0 saturated carbocycles. The topological polar surface area (TPSA) is 214 Å². The summed E-state index contributed by atoms with van der Waals surface area (Å²) >= 11 is 0. The molecule has 2 aliphatic heterocycles. The number of esters is 1. The fraction of sp³-hybridized carbons (Fsp3) is 0.730. The smallest absolute Gasteiger partial charge is 0.306 e. The van der Waals surface area contributed by atoms with Crippen molar-refractivity contribution in [1.82, 2.24) is 0 Å². The first-order valence-electron chi connectivity index (χ1n) is 29.8. The third kappa shape index (κ3) is 35.3. The Balaban J connectivity index is 1.73. The zero-order valence-corrected chi connectivity index (χ0v) is 47.4. The average Bonchev–Trinajstić information content (AvgIpc) is 3.43. The molecule has 0 aromatic carbocycles. The molecule has 2 aliphatic rings. The summed E-state index contributed by atoms with van der Waals surface area (Å²) < 4.78 is 34.4. The predicted molar refractivity (Wildman–Crippen MR) is 307 cm³/mol. The molecule has 77 heavy (non-hydrogen) atoms. The summed E-state index contributed by atoms with van der Waals surface area (Å²) in [5.41, 5.74) is 0. The van der Waals surface area contributed by atoms with E-state index in [0.29, 0.717) is 13.0 Å². The third-order valence-corrected chi connectivity index (χ3v) is 13.6. The molecule has 2 heterocycles. The van der Waals surface area contributed by atoms with Crippen LogP contribution in [0.3, 0.4) is 0 Å². The molecular weight excluding hydrogens is 981 g/mol. The van der Waals surface area contributed by atoms with Gasteiger partial charge in [-0.25, -0.2) is 0 Å². The SMILES string of the molecule is CC/C=C\C/C=C\C/C=C\C/C=C\C/C=C\CCCCCCOCC(COC1OC(COC2OC(CO)C(O)C(O)C2O)C(O)C(O)C1O)OC(=O)CCCCCCCCCC/C=C\C/C=C\C/C=C\CCCCCCC. The molecule has 0 radical (unpaired) electrons. The van der Waals surface area contributed by atoms with Crippen molar-refractivity contribution in [2.45, 2.75) is 261 Å². The van der Waals surface area contributed by atoms with Crippen LogP contribution in [0.5, 0.6) is 0 Å². The molecule has 0 spiro atoms. The van der Waals surface area contributed by atoms with Gasteiger partial charge in [0.2, 0.25) is 0 Å². The lowest BCUT2D eigenvalue weighted by Gasteiger charge is -2.42. The van der Waals surface area contributed by atoms with Gasteiger partial charge in [0.25, 0.3) is 0 Å². The van der Waals surface area contributed by atoms with Crippen molar-refractivity contribution >= 4 is 5.97 Å². The minimum atomic E-state index is -1.72. The van der Waals surface area contributed by atoms with E-state index < -0.39 is 86.7 Å². The van der Waals surface area contributed by atoms with Gasteiger partial charge in [0.15, 0.2) is 12.6 Å². The minimum absolute atomic E-state index is 0.0352. The van der Waals surface area contributed by atoms with Gasteiger partial charge < -0.3 is 64.2 Å². The predicted octanol–water partition coefficient (Wildman–Crippen LogP) is 11.0. The number of aliphatic hydroxyl groups is 7. The highest BCUT2D eigenvalue weighted by Crippen LogP contribution is 2.26. The number of allylic oxidation sites excluding steroid dienone is 16. The Hall–Kier alpha value is -3.09. The van der Waals surface area contributed by atoms with E-state index in [0.717, 1.165) is 103 Å². The molecule has 0 aromatic rings. The van der Waals surface area contributed by atoms with Crippen molar-refractivity contribution < 1.29 is 69.0 Å². The maximum absolute atomic E-state index is 13.1. The minimum Gasteiger partial charge on any atom is -0.457 e. The molecule has 7 N–H and O–H groups in total. The summed E-state index contributed by atoms with van der Waals surface area (Å²) in [6, 6.07) is 0. The first-order chi connectivity index (χ1) is 37.6. The van der Waals surface area contributed by atoms with Crippen LogP contribution >= 0.6 is 0 Å². The van der Waals surface area contributed by atoms with Crippen LogP contribution < -0.4 is 0 Å². The number of hydrogen-bond donors (Lipinski definition) is 7. The van der Waals surface area contributed by atoms with Crippen molar-refractivity contribution in [2.75, 3.05) is 33.0 Å². The summed E-state index contributed by atoms with van der Waals surface area (Å²) in [5.74, 6) is -0.396. The Kier molecular flexibility index (Phi) is 44.4. The molecule has 11 atom stereocenters. The lowest BCUT2D eigenvalue weighted by Crippen LogP contribution is -2.61. The van der Waals surface area contributed by atoms with Gasteiger partial charge in [-0.15, -0.1) is 0 Å². The summed E-state index contributed by atoms with van der Waals surface area (Å²) in [6.07, 6.45) is 48.9. The molecule has 14 heteroatoms. The number of ether oxygens (including phenoxy) is 6. The van der Waals surface area contributed by atoms with Crippen molar-refractivity contribution in [3.63, 3.8) is 0 Å². The maximum Gasteiger partial charge on any atom is 0.306 e. The van der Waals surface area contributed by atoms with Gasteiger partial charge in [0, 0.05) is 13.0 Å². The molecule has 2 rings (SSSR count). The summed E-state index contributed by atoms with van der Waals surface area (Å²) in [6.45, 7) is 3.48. The quantitative estimate of drug-likeness (QED) is 0.0172. The molecule has 14 nitrogen and oxygen atoms in total. The van der Waals surface area contributed by atoms with Crippen molar-refractivity contribution in [1.29, 1.82) is 0 Å². The highest BCUT2D eigenvalue weighted by molar-refractivity contribution is 5.69. The van der Waals surface area contributed by atoms with Gasteiger partial charge in [0.05, 0.1) is 26.4 Å². The molecule has 442 valence electrons. The maximum atomic E-state index is 13.1. The van der Waals surface area contributed by atoms with E-state index in [2.05, 4.69) is 111 Å². The van der Waals surface area contributed by atoms with E-state index in [9.17, 15) is 40.5 Å². The molecule has 0 amide bonds. The molecule has 0 aliphatic carbocycles. The van der Waals surface area contributed by atoms with Crippen LogP contribution in [0.15, 0.2) is 97.2 Å². The molecule has 2 fully saturated rings. The Morgan fingerprint density at radius 3 is 1.32 bits per heavy atom. The van der Waals surface area contributed by atoms with Crippen molar-refractivity contribution in [3.05, 3.63) is 97.2 Å². The van der Waals surface area contributed by atoms with Gasteiger partial charge in [-0.2, -0.15) is 0 Å². The second kappa shape index (κ2) is 48.8. The molecular formula is C63H106O14. The van der Waals surface area contributed by atoms with E-state index in [1.165, 1.54) is 64.2 Å². The number of rotatable bonds is 47. The number of aliphatic hydroxyl groups excluding tert-OH is 7. The Bertz CT molecular complexity index is 1640. The molecule has 11 unspecified atom stereocenters. The van der Waals surface area contributed by atoms with Crippen LogP contribution in [-0.2, 0) is 33.2 Å². The van der Waals surface area contributed by atoms with E-state index >= 15 is 0 Å². The highest BCUT2D eigenvalue weighted by atomic mass is 16.7. The van der Waals surface area contributed by atoms with E-state index in [4.69, 9.17) is 28.4 Å². The Morgan fingerprint density at radius 1 is 0.442 bits per heavy atom. The van der Waals surface area contributed by atoms with E-state index in [1.807, 2.05) is 0 Å². The summed E-state index contributed by atoms with van der Waals surface area (Å²) in [5, 5.41) is 72.4. The van der Waals surface area contributed by atoms with Crippen LogP contribution in [-0.4, -0.2) is 142 Å². The van der Waals surface area contributed by atoms with E-state index in [1.54, 1.807) is 0 Å². The fourth-order valence-corrected chi connectivity index (χ4v) is 8.79. The van der Waals surface area contributed by atoms with Crippen LogP contribution in [0.25, 0.3) is 0 Å². The van der Waals surface area contributed by atoms with Crippen LogP contribution in [0, 0.1) is 0 Å². The standard InChI is InChI=1S/C63H106O14/c1-3-5-7-9-11-13-15-17-19-21-23-25-26-27-28-30-32-34-36-38-40-42-44-46-55(65)75-52(49-72-47-45-43-41-39-37-35-33-31-29-24-22-20-18-16-14-12-10-8-6-4-2)50-73-62-61(71)59(69)57(67)54(77-62)51-74-63-60(70)58(68)56(66)53(48-64)76-63/h6,8,12,14-15,17-18,20-21,23-24,26-27,29,33,35,52-54,56-64,66-71H,3-5,7,9-11,13,16,19,22,25,28,30-32,34,36-51H2,1-2H3/b8-6-,14-12-,17-15-,20-18-,23-21-,27-26-,29-24-,35-33-. The van der Waals surface area contributed by atoms with Crippen LogP contribution in [0.4, 0.5) is 0 Å². The average molecular weight is 1090 g/mol. The highest BCUT2D eigenvalue weighted by Gasteiger charge is 2.47. The third-order valence-electron chi connectivity index (χ3n) is 13.6. The Morgan fingerprint density at radius 2 is 0.844 bits per heavy atom. The number of hydrogen-bond acceptors (Lipinski definition) is 14. The lowest BCUT2D eigenvalue weighted by molar-refractivity contribution is -0.332. The number of unbranched alkanes of at least 4 members (excludes halogenated alkanes) is 17. The lowest BCUT2D eigenvalue weighted by atomic mass is 9.98. The Labute approximate surface area is 464 Å². The van der Waals surface area contributed by atoms with Crippen molar-refractivity contribution in [2.24, 2.45) is 0 Å². The molecule has 2 saturated heterocycles.